The Morgan fingerprint density at radius 3 is 2.59 bits per heavy atom. The molecule has 2 aliphatic rings. The predicted molar refractivity (Wildman–Crippen MR) is 133 cm³/mol. The first-order valence-electron chi connectivity index (χ1n) is 12.3. The van der Waals surface area contributed by atoms with E-state index in [1.54, 1.807) is 0 Å². The van der Waals surface area contributed by atoms with Gasteiger partial charge in [-0.25, -0.2) is 0 Å². The van der Waals surface area contributed by atoms with Crippen LogP contribution in [0.5, 0.6) is 0 Å². The van der Waals surface area contributed by atoms with Crippen molar-refractivity contribution in [1.29, 1.82) is 0 Å². The zero-order valence-electron chi connectivity index (χ0n) is 20.4. The lowest BCUT2D eigenvalue weighted by atomic mass is 10.0. The first-order chi connectivity index (χ1) is 15.7. The SMILES string of the molecule is CN=C(NCCCOCC1CCOCC1)NCCN1CCN(c2cccc(C)c2C)CC1. The van der Waals surface area contributed by atoms with Crippen LogP contribution in [0, 0.1) is 19.8 Å². The summed E-state index contributed by atoms with van der Waals surface area (Å²) in [5.41, 5.74) is 4.18. The first kappa shape index (κ1) is 24.8. The van der Waals surface area contributed by atoms with Gasteiger partial charge in [-0.1, -0.05) is 12.1 Å². The Balaban J connectivity index is 1.23. The number of benzene rings is 1. The van der Waals surface area contributed by atoms with Crippen LogP contribution in [0.4, 0.5) is 5.69 Å². The molecule has 2 fully saturated rings. The molecular weight excluding hydrogens is 402 g/mol. The maximum Gasteiger partial charge on any atom is 0.191 e. The van der Waals surface area contributed by atoms with E-state index in [1.807, 2.05) is 7.05 Å². The molecule has 1 aromatic carbocycles. The normalized spacial score (nSPS) is 18.7. The minimum absolute atomic E-state index is 0.675. The van der Waals surface area contributed by atoms with Gasteiger partial charge in [-0.2, -0.15) is 0 Å². The van der Waals surface area contributed by atoms with E-state index in [9.17, 15) is 0 Å². The summed E-state index contributed by atoms with van der Waals surface area (Å²) in [6, 6.07) is 6.62. The molecule has 0 spiro atoms. The molecule has 7 nitrogen and oxygen atoms in total. The number of aliphatic imine (C=N–C) groups is 1. The van der Waals surface area contributed by atoms with Gasteiger partial charge in [0.15, 0.2) is 5.96 Å². The Kier molecular flexibility index (Phi) is 10.6. The zero-order chi connectivity index (χ0) is 22.6. The molecule has 3 rings (SSSR count). The van der Waals surface area contributed by atoms with Crippen molar-refractivity contribution in [3.05, 3.63) is 29.3 Å². The van der Waals surface area contributed by atoms with Crippen molar-refractivity contribution in [2.75, 3.05) is 84.2 Å². The summed E-state index contributed by atoms with van der Waals surface area (Å²) in [6.07, 6.45) is 3.26. The molecule has 2 heterocycles. The van der Waals surface area contributed by atoms with Crippen molar-refractivity contribution < 1.29 is 9.47 Å². The number of anilines is 1. The molecule has 2 aliphatic heterocycles. The van der Waals surface area contributed by atoms with Crippen LogP contribution in [0.2, 0.25) is 0 Å². The molecule has 0 aliphatic carbocycles. The zero-order valence-corrected chi connectivity index (χ0v) is 20.4. The maximum atomic E-state index is 5.84. The lowest BCUT2D eigenvalue weighted by molar-refractivity contribution is 0.0203. The van der Waals surface area contributed by atoms with E-state index < -0.39 is 0 Å². The Labute approximate surface area is 194 Å². The molecule has 2 saturated heterocycles. The summed E-state index contributed by atoms with van der Waals surface area (Å²) in [5, 5.41) is 6.85. The van der Waals surface area contributed by atoms with E-state index in [-0.39, 0.29) is 0 Å². The van der Waals surface area contributed by atoms with Crippen LogP contribution in [-0.4, -0.2) is 90.1 Å². The highest BCUT2D eigenvalue weighted by Crippen LogP contribution is 2.23. The fraction of sp³-hybridized carbons (Fsp3) is 0.720. The van der Waals surface area contributed by atoms with Crippen LogP contribution < -0.4 is 15.5 Å². The van der Waals surface area contributed by atoms with Crippen LogP contribution >= 0.6 is 0 Å². The maximum absolute atomic E-state index is 5.84. The molecule has 7 heteroatoms. The van der Waals surface area contributed by atoms with Gasteiger partial charge in [0.1, 0.15) is 0 Å². The third kappa shape index (κ3) is 7.94. The smallest absolute Gasteiger partial charge is 0.191 e. The molecule has 0 bridgehead atoms. The lowest BCUT2D eigenvalue weighted by Crippen LogP contribution is -2.49. The predicted octanol–water partition coefficient (Wildman–Crippen LogP) is 2.42. The summed E-state index contributed by atoms with van der Waals surface area (Å²) >= 11 is 0. The molecule has 0 unspecified atom stereocenters. The molecule has 0 amide bonds. The molecule has 0 saturated carbocycles. The number of hydrogen-bond acceptors (Lipinski definition) is 5. The summed E-state index contributed by atoms with van der Waals surface area (Å²) < 4.78 is 11.2. The van der Waals surface area contributed by atoms with Crippen LogP contribution in [0.25, 0.3) is 0 Å². The Bertz CT molecular complexity index is 698. The second-order valence-electron chi connectivity index (χ2n) is 8.96. The molecule has 0 atom stereocenters. The van der Waals surface area contributed by atoms with E-state index in [0.717, 1.165) is 97.5 Å². The summed E-state index contributed by atoms with van der Waals surface area (Å²) in [6.45, 7) is 15.1. The van der Waals surface area contributed by atoms with Crippen LogP contribution in [0.15, 0.2) is 23.2 Å². The number of aryl methyl sites for hydroxylation is 1. The number of nitrogens with one attached hydrogen (secondary N) is 2. The summed E-state index contributed by atoms with van der Waals surface area (Å²) in [5.74, 6) is 1.55. The fourth-order valence-corrected chi connectivity index (χ4v) is 4.39. The van der Waals surface area contributed by atoms with Gasteiger partial charge >= 0.3 is 0 Å². The van der Waals surface area contributed by atoms with Crippen LogP contribution in [0.3, 0.4) is 0 Å². The van der Waals surface area contributed by atoms with Gasteiger partial charge in [0.2, 0.25) is 0 Å². The Hall–Kier alpha value is -1.83. The number of rotatable bonds is 10. The molecule has 32 heavy (non-hydrogen) atoms. The molecule has 180 valence electrons. The van der Waals surface area contributed by atoms with Crippen molar-refractivity contribution in [3.8, 4) is 0 Å². The highest BCUT2D eigenvalue weighted by molar-refractivity contribution is 5.79. The van der Waals surface area contributed by atoms with Gasteiger partial charge in [0.25, 0.3) is 0 Å². The standard InChI is InChI=1S/C25H43N5O2/c1-21-6-4-7-24(22(21)2)30-15-13-29(14-16-30)12-11-28-25(26-3)27-10-5-17-32-20-23-8-18-31-19-9-23/h4,6-7,23H,5,8-20H2,1-3H3,(H2,26,27,28). The number of guanidine groups is 1. The van der Waals surface area contributed by atoms with Crippen molar-refractivity contribution in [3.63, 3.8) is 0 Å². The van der Waals surface area contributed by atoms with Gasteiger partial charge in [-0.05, 0) is 56.2 Å². The number of nitrogens with zero attached hydrogens (tertiary/aromatic N) is 3. The number of ether oxygens (including phenoxy) is 2. The third-order valence-corrected chi connectivity index (χ3v) is 6.69. The molecular formula is C25H43N5O2. The molecule has 0 radical (unpaired) electrons. The lowest BCUT2D eigenvalue weighted by Gasteiger charge is -2.37. The summed E-state index contributed by atoms with van der Waals surface area (Å²) in [4.78, 5) is 9.40. The first-order valence-corrected chi connectivity index (χ1v) is 12.3. The average Bonchev–Trinajstić information content (AvgIpc) is 2.83. The number of hydrogen-bond donors (Lipinski definition) is 2. The van der Waals surface area contributed by atoms with Crippen molar-refractivity contribution in [2.24, 2.45) is 10.9 Å². The van der Waals surface area contributed by atoms with E-state index in [2.05, 4.69) is 57.5 Å². The van der Waals surface area contributed by atoms with E-state index >= 15 is 0 Å². The van der Waals surface area contributed by atoms with Crippen molar-refractivity contribution >= 4 is 11.6 Å². The monoisotopic (exact) mass is 445 g/mol. The molecule has 2 N–H and O–H groups in total. The quantitative estimate of drug-likeness (QED) is 0.328. The van der Waals surface area contributed by atoms with Crippen LogP contribution in [-0.2, 0) is 9.47 Å². The van der Waals surface area contributed by atoms with Crippen molar-refractivity contribution in [2.45, 2.75) is 33.1 Å². The summed E-state index contributed by atoms with van der Waals surface area (Å²) in [7, 11) is 1.83. The minimum Gasteiger partial charge on any atom is -0.381 e. The van der Waals surface area contributed by atoms with Gasteiger partial charge in [-0.15, -0.1) is 0 Å². The second-order valence-corrected chi connectivity index (χ2v) is 8.96. The molecule has 1 aromatic rings. The van der Waals surface area contributed by atoms with Gasteiger partial charge < -0.3 is 25.0 Å². The fourth-order valence-electron chi connectivity index (χ4n) is 4.39. The van der Waals surface area contributed by atoms with E-state index in [1.165, 1.54) is 16.8 Å². The van der Waals surface area contributed by atoms with E-state index in [4.69, 9.17) is 9.47 Å². The number of piperazine rings is 1. The van der Waals surface area contributed by atoms with Gasteiger partial charge in [0.05, 0.1) is 0 Å². The van der Waals surface area contributed by atoms with Crippen LogP contribution in [0.1, 0.15) is 30.4 Å². The second kappa shape index (κ2) is 13.7. The Morgan fingerprint density at radius 1 is 1.09 bits per heavy atom. The van der Waals surface area contributed by atoms with E-state index in [0.29, 0.717) is 5.92 Å². The highest BCUT2D eigenvalue weighted by atomic mass is 16.5. The largest absolute Gasteiger partial charge is 0.381 e. The third-order valence-electron chi connectivity index (χ3n) is 6.69. The topological polar surface area (TPSA) is 61.4 Å². The Morgan fingerprint density at radius 2 is 1.84 bits per heavy atom. The average molecular weight is 446 g/mol. The highest BCUT2D eigenvalue weighted by Gasteiger charge is 2.18. The van der Waals surface area contributed by atoms with Gasteiger partial charge in [-0.3, -0.25) is 9.89 Å². The van der Waals surface area contributed by atoms with Gasteiger partial charge in [0, 0.05) is 85.0 Å². The minimum atomic E-state index is 0.675. The van der Waals surface area contributed by atoms with Crippen molar-refractivity contribution in [1.82, 2.24) is 15.5 Å². The molecule has 0 aromatic heterocycles.